The highest BCUT2D eigenvalue weighted by atomic mass is 16.5. The van der Waals surface area contributed by atoms with E-state index in [0.717, 1.165) is 22.6 Å². The number of imidazole rings is 1. The third-order valence-electron chi connectivity index (χ3n) is 4.73. The Kier molecular flexibility index (Phi) is 6.35. The lowest BCUT2D eigenvalue weighted by atomic mass is 10.2. The van der Waals surface area contributed by atoms with Crippen LogP contribution in [0.3, 0.4) is 0 Å². The number of anilines is 1. The minimum absolute atomic E-state index is 0.256. The van der Waals surface area contributed by atoms with E-state index in [-0.39, 0.29) is 6.61 Å². The van der Waals surface area contributed by atoms with E-state index in [1.54, 1.807) is 49.8 Å². The summed E-state index contributed by atoms with van der Waals surface area (Å²) in [7, 11) is 0. The van der Waals surface area contributed by atoms with Crippen LogP contribution in [0.4, 0.5) is 10.5 Å². The molecule has 32 heavy (non-hydrogen) atoms. The van der Waals surface area contributed by atoms with Crippen LogP contribution in [0.15, 0.2) is 67.1 Å². The first-order chi connectivity index (χ1) is 15.7. The molecule has 0 atom stereocenters. The van der Waals surface area contributed by atoms with Crippen molar-refractivity contribution in [3.63, 3.8) is 0 Å². The van der Waals surface area contributed by atoms with Gasteiger partial charge in [0.05, 0.1) is 17.9 Å². The summed E-state index contributed by atoms with van der Waals surface area (Å²) in [6.07, 6.45) is 5.13. The number of nitrogens with one attached hydrogen (secondary N) is 2. The average molecular weight is 430 g/mol. The molecule has 0 radical (unpaired) electrons. The number of benzene rings is 1. The molecule has 0 saturated carbocycles. The van der Waals surface area contributed by atoms with Gasteiger partial charge in [-0.2, -0.15) is 0 Å². The van der Waals surface area contributed by atoms with E-state index in [4.69, 9.17) is 4.74 Å². The highest BCUT2D eigenvalue weighted by Crippen LogP contribution is 2.23. The zero-order valence-corrected chi connectivity index (χ0v) is 17.5. The van der Waals surface area contributed by atoms with Gasteiger partial charge < -0.3 is 19.9 Å². The molecule has 3 aromatic heterocycles. The van der Waals surface area contributed by atoms with Crippen molar-refractivity contribution < 1.29 is 14.3 Å². The van der Waals surface area contributed by atoms with E-state index in [2.05, 4.69) is 25.6 Å². The molecule has 0 saturated heterocycles. The van der Waals surface area contributed by atoms with Crippen molar-refractivity contribution in [3.8, 4) is 11.4 Å². The molecule has 0 bridgehead atoms. The molecule has 0 aliphatic heterocycles. The minimum atomic E-state index is -0.485. The van der Waals surface area contributed by atoms with Crippen LogP contribution in [0.5, 0.6) is 0 Å². The van der Waals surface area contributed by atoms with E-state index in [1.807, 2.05) is 28.8 Å². The van der Waals surface area contributed by atoms with Crippen LogP contribution in [-0.4, -0.2) is 44.7 Å². The number of rotatable bonds is 7. The number of para-hydroxylation sites is 1. The van der Waals surface area contributed by atoms with Crippen LogP contribution in [0.2, 0.25) is 0 Å². The Bertz CT molecular complexity index is 1240. The monoisotopic (exact) mass is 430 g/mol. The summed E-state index contributed by atoms with van der Waals surface area (Å²) in [5.41, 5.74) is 3.09. The van der Waals surface area contributed by atoms with Crippen molar-refractivity contribution in [3.05, 3.63) is 72.7 Å². The molecular weight excluding hydrogens is 408 g/mol. The number of aromatic nitrogens is 4. The fourth-order valence-electron chi connectivity index (χ4n) is 3.32. The molecule has 2 N–H and O–H groups in total. The smallest absolute Gasteiger partial charge is 0.340 e. The Balaban J connectivity index is 1.47. The van der Waals surface area contributed by atoms with Gasteiger partial charge in [0.25, 0.3) is 0 Å². The largest absolute Gasteiger partial charge is 0.462 e. The van der Waals surface area contributed by atoms with E-state index >= 15 is 0 Å². The lowest BCUT2D eigenvalue weighted by molar-refractivity contribution is 0.0527. The maximum absolute atomic E-state index is 12.5. The molecule has 4 aromatic rings. The molecular formula is C23H22N6O3. The number of esters is 1. The molecule has 0 aliphatic carbocycles. The van der Waals surface area contributed by atoms with Crippen LogP contribution >= 0.6 is 0 Å². The maximum Gasteiger partial charge on any atom is 0.340 e. The normalized spacial score (nSPS) is 10.7. The first-order valence-corrected chi connectivity index (χ1v) is 10.2. The second kappa shape index (κ2) is 9.69. The molecule has 9 heteroatoms. The van der Waals surface area contributed by atoms with Gasteiger partial charge in [-0.3, -0.25) is 4.98 Å². The lowest BCUT2D eigenvalue weighted by Crippen LogP contribution is -2.32. The van der Waals surface area contributed by atoms with Crippen LogP contribution in [-0.2, 0) is 11.3 Å². The van der Waals surface area contributed by atoms with E-state index in [9.17, 15) is 9.59 Å². The number of amides is 2. The molecule has 4 rings (SSSR count). The van der Waals surface area contributed by atoms with Gasteiger partial charge in [0.1, 0.15) is 11.3 Å². The van der Waals surface area contributed by atoms with Gasteiger partial charge in [-0.25, -0.2) is 19.6 Å². The summed E-state index contributed by atoms with van der Waals surface area (Å²) in [5, 5.41) is 5.53. The Hall–Kier alpha value is -4.27. The summed E-state index contributed by atoms with van der Waals surface area (Å²) in [6.45, 7) is 2.77. The number of hydrogen-bond donors (Lipinski definition) is 2. The molecule has 1 aromatic carbocycles. The Labute approximate surface area is 184 Å². The number of nitrogens with zero attached hydrogens (tertiary/aromatic N) is 4. The second-order valence-corrected chi connectivity index (χ2v) is 6.82. The predicted octanol–water partition coefficient (Wildman–Crippen LogP) is 3.49. The van der Waals surface area contributed by atoms with Gasteiger partial charge in [0, 0.05) is 37.2 Å². The number of carbonyl (C=O) groups is 2. The lowest BCUT2D eigenvalue weighted by Gasteiger charge is -2.12. The molecule has 0 aliphatic rings. The maximum atomic E-state index is 12.5. The number of carbonyl (C=O) groups excluding carboxylic acids is 2. The fraction of sp³-hybridized carbons (Fsp3) is 0.174. The number of fused-ring (bicyclic) bond motifs is 1. The van der Waals surface area contributed by atoms with Crippen molar-refractivity contribution in [2.24, 2.45) is 0 Å². The summed E-state index contributed by atoms with van der Waals surface area (Å²) in [6, 6.07) is 13.8. The highest BCUT2D eigenvalue weighted by molar-refractivity contribution is 6.00. The number of ether oxygens (including phenoxy) is 1. The van der Waals surface area contributed by atoms with E-state index in [0.29, 0.717) is 24.3 Å². The highest BCUT2D eigenvalue weighted by Gasteiger charge is 2.15. The second-order valence-electron chi connectivity index (χ2n) is 6.82. The SMILES string of the molecule is CCOC(=O)c1ccccc1NC(=O)NCCn1c(-c2ccncc2)nc2cccnc21. The summed E-state index contributed by atoms with van der Waals surface area (Å²) in [4.78, 5) is 37.8. The molecule has 0 spiro atoms. The first-order valence-electron chi connectivity index (χ1n) is 10.2. The average Bonchev–Trinajstić information content (AvgIpc) is 3.19. The quantitative estimate of drug-likeness (QED) is 0.434. The van der Waals surface area contributed by atoms with Crippen molar-refractivity contribution >= 4 is 28.9 Å². The Morgan fingerprint density at radius 1 is 1.03 bits per heavy atom. The third kappa shape index (κ3) is 4.56. The van der Waals surface area contributed by atoms with Crippen LogP contribution in [0, 0.1) is 0 Å². The van der Waals surface area contributed by atoms with E-state index < -0.39 is 12.0 Å². The van der Waals surface area contributed by atoms with Gasteiger partial charge in [-0.05, 0) is 43.3 Å². The van der Waals surface area contributed by atoms with Crippen molar-refractivity contribution in [1.82, 2.24) is 24.8 Å². The number of urea groups is 1. The fourth-order valence-corrected chi connectivity index (χ4v) is 3.32. The zero-order chi connectivity index (χ0) is 22.3. The molecule has 9 nitrogen and oxygen atoms in total. The summed E-state index contributed by atoms with van der Waals surface area (Å²) in [5.74, 6) is 0.261. The molecule has 0 fully saturated rings. The number of pyridine rings is 2. The van der Waals surface area contributed by atoms with Crippen molar-refractivity contribution in [2.75, 3.05) is 18.5 Å². The van der Waals surface area contributed by atoms with Gasteiger partial charge in [-0.1, -0.05) is 12.1 Å². The third-order valence-corrected chi connectivity index (χ3v) is 4.73. The summed E-state index contributed by atoms with van der Waals surface area (Å²) >= 11 is 0. The topological polar surface area (TPSA) is 111 Å². The predicted molar refractivity (Wildman–Crippen MR) is 120 cm³/mol. The van der Waals surface area contributed by atoms with Crippen LogP contribution in [0.25, 0.3) is 22.6 Å². The van der Waals surface area contributed by atoms with Gasteiger partial charge >= 0.3 is 12.0 Å². The molecule has 2 amide bonds. The first kappa shape index (κ1) is 21.0. The minimum Gasteiger partial charge on any atom is -0.462 e. The number of hydrogen-bond acceptors (Lipinski definition) is 6. The van der Waals surface area contributed by atoms with Gasteiger partial charge in [0.15, 0.2) is 5.65 Å². The zero-order valence-electron chi connectivity index (χ0n) is 17.5. The van der Waals surface area contributed by atoms with E-state index in [1.165, 1.54) is 0 Å². The van der Waals surface area contributed by atoms with Crippen LogP contribution in [0.1, 0.15) is 17.3 Å². The Morgan fingerprint density at radius 3 is 2.66 bits per heavy atom. The van der Waals surface area contributed by atoms with Gasteiger partial charge in [-0.15, -0.1) is 0 Å². The Morgan fingerprint density at radius 2 is 1.84 bits per heavy atom. The van der Waals surface area contributed by atoms with Crippen LogP contribution < -0.4 is 10.6 Å². The van der Waals surface area contributed by atoms with Gasteiger partial charge in [0.2, 0.25) is 0 Å². The van der Waals surface area contributed by atoms with Crippen molar-refractivity contribution in [1.29, 1.82) is 0 Å². The molecule has 162 valence electrons. The molecule has 0 unspecified atom stereocenters. The summed E-state index contributed by atoms with van der Waals surface area (Å²) < 4.78 is 7.00. The molecule has 3 heterocycles. The standard InChI is InChI=1S/C23H22N6O3/c1-2-32-22(30)17-6-3-4-7-18(17)28-23(31)26-14-15-29-20(16-9-12-24-13-10-16)27-19-8-5-11-25-21(19)29/h3-13H,2,14-15H2,1H3,(H2,26,28,31). The van der Waals surface area contributed by atoms with Crippen molar-refractivity contribution in [2.45, 2.75) is 13.5 Å².